The van der Waals surface area contributed by atoms with E-state index in [0.717, 1.165) is 6.07 Å². The standard InChI is InChI=1S/C10H12N4O5/c11-8-2-1-6(14(17)18)5-7(8)9(15)13-3-4-19-10(12)16/h1-2,5H,3-4,11H2,(H2,12,16)(H,13,15). The van der Waals surface area contributed by atoms with Crippen LogP contribution in [0.15, 0.2) is 18.2 Å². The molecule has 5 N–H and O–H groups in total. The van der Waals surface area contributed by atoms with Crippen LogP contribution in [0, 0.1) is 10.1 Å². The maximum Gasteiger partial charge on any atom is 0.404 e. The highest BCUT2D eigenvalue weighted by molar-refractivity contribution is 5.99. The second kappa shape index (κ2) is 6.19. The van der Waals surface area contributed by atoms with Crippen LogP contribution in [-0.2, 0) is 4.74 Å². The first-order chi connectivity index (χ1) is 8.91. The second-order valence-corrected chi connectivity index (χ2v) is 3.45. The fourth-order valence-corrected chi connectivity index (χ4v) is 1.27. The van der Waals surface area contributed by atoms with Crippen LogP contribution in [0.2, 0.25) is 0 Å². The van der Waals surface area contributed by atoms with Gasteiger partial charge in [-0.3, -0.25) is 14.9 Å². The summed E-state index contributed by atoms with van der Waals surface area (Å²) >= 11 is 0. The van der Waals surface area contributed by atoms with Gasteiger partial charge in [0.15, 0.2) is 0 Å². The zero-order valence-corrected chi connectivity index (χ0v) is 9.79. The molecule has 9 nitrogen and oxygen atoms in total. The first-order valence-corrected chi connectivity index (χ1v) is 5.16. The average molecular weight is 268 g/mol. The second-order valence-electron chi connectivity index (χ2n) is 3.45. The number of carbonyl (C=O) groups excluding carboxylic acids is 2. The van der Waals surface area contributed by atoms with Gasteiger partial charge in [-0.2, -0.15) is 0 Å². The molecule has 102 valence electrons. The molecule has 1 aromatic carbocycles. The summed E-state index contributed by atoms with van der Waals surface area (Å²) in [6, 6.07) is 3.54. The normalized spacial score (nSPS) is 9.68. The first kappa shape index (κ1) is 14.2. The van der Waals surface area contributed by atoms with Gasteiger partial charge in [0.2, 0.25) is 0 Å². The topological polar surface area (TPSA) is 151 Å². The molecule has 0 aromatic heterocycles. The van der Waals surface area contributed by atoms with E-state index in [4.69, 9.17) is 11.5 Å². The largest absolute Gasteiger partial charge is 0.448 e. The van der Waals surface area contributed by atoms with Crippen LogP contribution in [-0.4, -0.2) is 30.1 Å². The van der Waals surface area contributed by atoms with E-state index in [-0.39, 0.29) is 30.1 Å². The molecular formula is C10H12N4O5. The highest BCUT2D eigenvalue weighted by atomic mass is 16.6. The van der Waals surface area contributed by atoms with Gasteiger partial charge in [-0.15, -0.1) is 0 Å². The number of nitrogens with two attached hydrogens (primary N) is 2. The number of benzene rings is 1. The average Bonchev–Trinajstić information content (AvgIpc) is 2.34. The van der Waals surface area contributed by atoms with E-state index in [1.807, 2.05) is 0 Å². The third kappa shape index (κ3) is 4.15. The van der Waals surface area contributed by atoms with Crippen molar-refractivity contribution >= 4 is 23.4 Å². The fraction of sp³-hybridized carbons (Fsp3) is 0.200. The molecule has 0 unspecified atom stereocenters. The SMILES string of the molecule is NC(=O)OCCNC(=O)c1cc([N+](=O)[O-])ccc1N. The summed E-state index contributed by atoms with van der Waals surface area (Å²) in [6.45, 7) is -0.0835. The van der Waals surface area contributed by atoms with Crippen LogP contribution in [0.1, 0.15) is 10.4 Å². The van der Waals surface area contributed by atoms with Crippen LogP contribution in [0.5, 0.6) is 0 Å². The lowest BCUT2D eigenvalue weighted by Crippen LogP contribution is -2.29. The fourth-order valence-electron chi connectivity index (χ4n) is 1.27. The zero-order valence-electron chi connectivity index (χ0n) is 9.79. The molecular weight excluding hydrogens is 256 g/mol. The van der Waals surface area contributed by atoms with Gasteiger partial charge in [-0.05, 0) is 6.07 Å². The van der Waals surface area contributed by atoms with Crippen LogP contribution in [0.3, 0.4) is 0 Å². The van der Waals surface area contributed by atoms with Crippen molar-refractivity contribution in [2.75, 3.05) is 18.9 Å². The van der Waals surface area contributed by atoms with Crippen molar-refractivity contribution in [3.8, 4) is 0 Å². The predicted molar refractivity (Wildman–Crippen MR) is 65.4 cm³/mol. The van der Waals surface area contributed by atoms with E-state index in [1.165, 1.54) is 12.1 Å². The minimum absolute atomic E-state index is 0.0178. The van der Waals surface area contributed by atoms with Gasteiger partial charge >= 0.3 is 6.09 Å². The zero-order chi connectivity index (χ0) is 14.4. The van der Waals surface area contributed by atoms with E-state index in [0.29, 0.717) is 0 Å². The number of nitro benzene ring substituents is 1. The Morgan fingerprint density at radius 2 is 2.11 bits per heavy atom. The summed E-state index contributed by atoms with van der Waals surface area (Å²) in [5.74, 6) is -0.603. The third-order valence-electron chi connectivity index (χ3n) is 2.12. The Labute approximate surface area is 107 Å². The van der Waals surface area contributed by atoms with Crippen molar-refractivity contribution in [2.45, 2.75) is 0 Å². The molecule has 0 saturated heterocycles. The number of nitrogens with one attached hydrogen (secondary N) is 1. The lowest BCUT2D eigenvalue weighted by molar-refractivity contribution is -0.384. The van der Waals surface area contributed by atoms with Gasteiger partial charge in [-0.1, -0.05) is 0 Å². The monoisotopic (exact) mass is 268 g/mol. The number of primary amides is 1. The number of nitrogen functional groups attached to an aromatic ring is 1. The number of non-ortho nitro benzene ring substituents is 1. The summed E-state index contributed by atoms with van der Waals surface area (Å²) in [5.41, 5.74) is 10.1. The minimum Gasteiger partial charge on any atom is -0.448 e. The predicted octanol–water partition coefficient (Wildman–Crippen LogP) is 0.00210. The van der Waals surface area contributed by atoms with Crippen molar-refractivity contribution in [3.63, 3.8) is 0 Å². The van der Waals surface area contributed by atoms with Gasteiger partial charge < -0.3 is 21.5 Å². The summed E-state index contributed by atoms with van der Waals surface area (Å²) in [7, 11) is 0. The maximum atomic E-state index is 11.7. The molecule has 19 heavy (non-hydrogen) atoms. The number of nitrogens with zero attached hydrogens (tertiary/aromatic N) is 1. The number of amides is 2. The van der Waals surface area contributed by atoms with Gasteiger partial charge in [-0.25, -0.2) is 4.79 Å². The van der Waals surface area contributed by atoms with E-state index in [9.17, 15) is 19.7 Å². The number of nitro groups is 1. The Kier molecular flexibility index (Phi) is 4.63. The van der Waals surface area contributed by atoms with Gasteiger partial charge in [0.25, 0.3) is 11.6 Å². The number of anilines is 1. The van der Waals surface area contributed by atoms with Crippen molar-refractivity contribution < 1.29 is 19.2 Å². The molecule has 0 radical (unpaired) electrons. The first-order valence-electron chi connectivity index (χ1n) is 5.16. The van der Waals surface area contributed by atoms with E-state index in [1.54, 1.807) is 0 Å². The molecule has 0 aliphatic rings. The van der Waals surface area contributed by atoms with Crippen molar-refractivity contribution in [2.24, 2.45) is 5.73 Å². The molecule has 0 saturated carbocycles. The van der Waals surface area contributed by atoms with Crippen molar-refractivity contribution in [1.82, 2.24) is 5.32 Å². The molecule has 0 aliphatic heterocycles. The van der Waals surface area contributed by atoms with Crippen LogP contribution >= 0.6 is 0 Å². The molecule has 2 amide bonds. The molecule has 0 atom stereocenters. The van der Waals surface area contributed by atoms with E-state index < -0.39 is 16.9 Å². The van der Waals surface area contributed by atoms with E-state index >= 15 is 0 Å². The highest BCUT2D eigenvalue weighted by Gasteiger charge is 2.14. The Balaban J connectivity index is 2.68. The van der Waals surface area contributed by atoms with Gasteiger partial charge in [0.05, 0.1) is 17.0 Å². The van der Waals surface area contributed by atoms with Gasteiger partial charge in [0, 0.05) is 17.8 Å². The van der Waals surface area contributed by atoms with Crippen LogP contribution < -0.4 is 16.8 Å². The number of ether oxygens (including phenoxy) is 1. The summed E-state index contributed by atoms with van der Waals surface area (Å²) < 4.78 is 4.40. The highest BCUT2D eigenvalue weighted by Crippen LogP contribution is 2.19. The lowest BCUT2D eigenvalue weighted by atomic mass is 10.1. The molecule has 0 spiro atoms. The summed E-state index contributed by atoms with van der Waals surface area (Å²) in [5, 5.41) is 13.0. The Hall–Kier alpha value is -2.84. The number of rotatable bonds is 5. The Bertz CT molecular complexity index is 517. The third-order valence-corrected chi connectivity index (χ3v) is 2.12. The van der Waals surface area contributed by atoms with Gasteiger partial charge in [0.1, 0.15) is 6.61 Å². The molecule has 1 aromatic rings. The molecule has 9 heteroatoms. The van der Waals surface area contributed by atoms with Crippen LogP contribution in [0.25, 0.3) is 0 Å². The summed E-state index contributed by atoms with van der Waals surface area (Å²) in [4.78, 5) is 31.9. The Morgan fingerprint density at radius 1 is 1.42 bits per heavy atom. The van der Waals surface area contributed by atoms with Crippen molar-refractivity contribution in [1.29, 1.82) is 0 Å². The van der Waals surface area contributed by atoms with Crippen molar-refractivity contribution in [3.05, 3.63) is 33.9 Å². The molecule has 0 aliphatic carbocycles. The number of hydrogen-bond donors (Lipinski definition) is 3. The molecule has 0 fully saturated rings. The number of hydrogen-bond acceptors (Lipinski definition) is 6. The van der Waals surface area contributed by atoms with E-state index in [2.05, 4.69) is 10.1 Å². The van der Waals surface area contributed by atoms with Crippen LogP contribution in [0.4, 0.5) is 16.2 Å². The minimum atomic E-state index is -0.955. The quantitative estimate of drug-likeness (QED) is 0.296. The molecule has 1 rings (SSSR count). The summed E-state index contributed by atoms with van der Waals surface area (Å²) in [6.07, 6.45) is -0.955. The number of carbonyl (C=O) groups is 2. The maximum absolute atomic E-state index is 11.7. The Morgan fingerprint density at radius 3 is 2.68 bits per heavy atom. The molecule has 0 bridgehead atoms. The smallest absolute Gasteiger partial charge is 0.404 e. The molecule has 0 heterocycles. The lowest BCUT2D eigenvalue weighted by Gasteiger charge is -2.07.